The lowest BCUT2D eigenvalue weighted by atomic mass is 9.99. The highest BCUT2D eigenvalue weighted by molar-refractivity contribution is 7.22. The van der Waals surface area contributed by atoms with Gasteiger partial charge in [-0.2, -0.15) is 13.2 Å². The molecule has 2 N–H and O–H groups in total. The van der Waals surface area contributed by atoms with Gasteiger partial charge in [-0.25, -0.2) is 9.78 Å². The zero-order valence-corrected chi connectivity index (χ0v) is 19.1. The molecule has 0 aliphatic carbocycles. The first-order chi connectivity index (χ1) is 14.3. The first-order valence-corrected chi connectivity index (χ1v) is 11.4. The van der Waals surface area contributed by atoms with Crippen molar-refractivity contribution in [3.63, 3.8) is 0 Å². The van der Waals surface area contributed by atoms with E-state index in [0.717, 1.165) is 28.1 Å². The molecule has 0 saturated heterocycles. The van der Waals surface area contributed by atoms with Crippen molar-refractivity contribution in [2.45, 2.75) is 51.9 Å². The maximum atomic E-state index is 13.0. The van der Waals surface area contributed by atoms with Gasteiger partial charge in [0, 0.05) is 17.0 Å². The highest BCUT2D eigenvalue weighted by Gasteiger charge is 2.35. The second-order valence-electron chi connectivity index (χ2n) is 8.48. The summed E-state index contributed by atoms with van der Waals surface area (Å²) < 4.78 is 45.3. The Morgan fingerprint density at radius 1 is 1.26 bits per heavy atom. The third-order valence-electron chi connectivity index (χ3n) is 5.07. The van der Waals surface area contributed by atoms with Gasteiger partial charge in [0.2, 0.25) is 0 Å². The van der Waals surface area contributed by atoms with E-state index in [1.807, 2.05) is 27.7 Å². The fraction of sp³-hybridized carbons (Fsp3) is 0.429. The maximum Gasteiger partial charge on any atom is 0.416 e. The Morgan fingerprint density at radius 2 is 1.97 bits per heavy atom. The van der Waals surface area contributed by atoms with Gasteiger partial charge in [-0.3, -0.25) is 0 Å². The molecular weight excluding hydrogens is 447 g/mol. The van der Waals surface area contributed by atoms with Crippen LogP contribution in [0.4, 0.5) is 23.0 Å². The van der Waals surface area contributed by atoms with Crippen LogP contribution < -0.4 is 5.73 Å². The molecule has 1 unspecified atom stereocenters. The molecule has 1 atom stereocenters. The van der Waals surface area contributed by atoms with E-state index in [1.165, 1.54) is 28.7 Å². The number of carbonyl (C=O) groups is 1. The number of carbonyl (C=O) groups excluding carboxylic acids is 1. The summed E-state index contributed by atoms with van der Waals surface area (Å²) in [6.45, 7) is 7.86. The van der Waals surface area contributed by atoms with E-state index in [1.54, 1.807) is 4.90 Å². The van der Waals surface area contributed by atoms with E-state index in [0.29, 0.717) is 33.2 Å². The average Bonchev–Trinajstić information content (AvgIpc) is 3.19. The summed E-state index contributed by atoms with van der Waals surface area (Å²) in [4.78, 5) is 19.7. The Bertz CT molecular complexity index is 1160. The monoisotopic (exact) mass is 469 g/mol. The highest BCUT2D eigenvalue weighted by atomic mass is 32.1. The molecule has 3 aromatic rings. The van der Waals surface area contributed by atoms with Crippen molar-refractivity contribution in [1.29, 1.82) is 0 Å². The van der Waals surface area contributed by atoms with Gasteiger partial charge in [-0.05, 0) is 57.9 Å². The molecule has 0 radical (unpaired) electrons. The molecule has 0 fully saturated rings. The third kappa shape index (κ3) is 4.10. The number of hydrogen-bond acceptors (Lipinski definition) is 6. The number of hydrogen-bond donors (Lipinski definition) is 1. The largest absolute Gasteiger partial charge is 0.444 e. The Hall–Kier alpha value is -2.33. The summed E-state index contributed by atoms with van der Waals surface area (Å²) in [7, 11) is 0. The van der Waals surface area contributed by atoms with Gasteiger partial charge in [0.25, 0.3) is 0 Å². The van der Waals surface area contributed by atoms with E-state index < -0.39 is 17.3 Å². The van der Waals surface area contributed by atoms with Gasteiger partial charge in [0.15, 0.2) is 0 Å². The van der Waals surface area contributed by atoms with E-state index in [9.17, 15) is 18.0 Å². The van der Waals surface area contributed by atoms with Crippen LogP contribution in [0, 0.1) is 0 Å². The van der Waals surface area contributed by atoms with Crippen molar-refractivity contribution in [3.05, 3.63) is 34.2 Å². The number of thiazole rings is 1. The number of rotatable bonds is 1. The zero-order chi connectivity index (χ0) is 22.7. The van der Waals surface area contributed by atoms with Crippen LogP contribution in [0.2, 0.25) is 0 Å². The van der Waals surface area contributed by atoms with Crippen LogP contribution in [-0.2, 0) is 17.3 Å². The first kappa shape index (κ1) is 21.9. The normalized spacial score (nSPS) is 17.1. The van der Waals surface area contributed by atoms with Gasteiger partial charge >= 0.3 is 12.3 Å². The molecule has 5 nitrogen and oxygen atoms in total. The molecule has 166 valence electrons. The lowest BCUT2D eigenvalue weighted by Gasteiger charge is -2.35. The maximum absolute atomic E-state index is 13.0. The molecular formula is C21H22F3N3O2S2. The van der Waals surface area contributed by atoms with Gasteiger partial charge in [-0.1, -0.05) is 0 Å². The smallest absolute Gasteiger partial charge is 0.416 e. The zero-order valence-electron chi connectivity index (χ0n) is 17.5. The SMILES string of the molecule is CC1c2sc(N)c(-c3nc4cc(C(F)(F)F)ccc4s3)c2CCN1C(=O)OC(C)(C)C. The van der Waals surface area contributed by atoms with Crippen molar-refractivity contribution < 1.29 is 22.7 Å². The van der Waals surface area contributed by atoms with Crippen LogP contribution >= 0.6 is 22.7 Å². The Labute approximate surface area is 185 Å². The van der Waals surface area contributed by atoms with Gasteiger partial charge < -0.3 is 15.4 Å². The summed E-state index contributed by atoms with van der Waals surface area (Å²) in [5, 5.41) is 1.15. The first-order valence-electron chi connectivity index (χ1n) is 9.74. The Kier molecular flexibility index (Phi) is 5.20. The quantitative estimate of drug-likeness (QED) is 0.443. The summed E-state index contributed by atoms with van der Waals surface area (Å²) in [5.41, 5.74) is 7.09. The van der Waals surface area contributed by atoms with Crippen molar-refractivity contribution in [2.75, 3.05) is 12.3 Å². The number of anilines is 1. The molecule has 31 heavy (non-hydrogen) atoms. The van der Waals surface area contributed by atoms with E-state index in [2.05, 4.69) is 4.98 Å². The van der Waals surface area contributed by atoms with Crippen LogP contribution in [0.25, 0.3) is 20.8 Å². The molecule has 1 aromatic carbocycles. The van der Waals surface area contributed by atoms with Crippen molar-refractivity contribution in [1.82, 2.24) is 9.88 Å². The second-order valence-corrected chi connectivity index (χ2v) is 10.6. The number of halogens is 3. The molecule has 4 rings (SSSR count). The number of nitrogen functional groups attached to an aromatic ring is 1. The minimum Gasteiger partial charge on any atom is -0.444 e. The lowest BCUT2D eigenvalue weighted by molar-refractivity contribution is -0.137. The number of amides is 1. The fourth-order valence-corrected chi connectivity index (χ4v) is 5.95. The second kappa shape index (κ2) is 7.37. The number of thiophene rings is 1. The molecule has 1 aliphatic rings. The predicted octanol–water partition coefficient (Wildman–Crippen LogP) is 6.48. The molecule has 1 amide bonds. The number of benzene rings is 1. The molecule has 0 bridgehead atoms. The topological polar surface area (TPSA) is 68.5 Å². The lowest BCUT2D eigenvalue weighted by Crippen LogP contribution is -2.41. The van der Waals surface area contributed by atoms with E-state index in [4.69, 9.17) is 10.5 Å². The van der Waals surface area contributed by atoms with Crippen LogP contribution in [0.1, 0.15) is 49.7 Å². The summed E-state index contributed by atoms with van der Waals surface area (Å²) in [5.74, 6) is 0. The molecule has 0 saturated carbocycles. The fourth-order valence-electron chi connectivity index (χ4n) is 3.67. The highest BCUT2D eigenvalue weighted by Crippen LogP contribution is 2.47. The van der Waals surface area contributed by atoms with Crippen LogP contribution in [0.5, 0.6) is 0 Å². The molecule has 0 spiro atoms. The minimum atomic E-state index is -4.42. The van der Waals surface area contributed by atoms with E-state index in [-0.39, 0.29) is 12.1 Å². The number of nitrogens with two attached hydrogens (primary N) is 1. The average molecular weight is 470 g/mol. The van der Waals surface area contributed by atoms with Gasteiger partial charge in [-0.15, -0.1) is 22.7 Å². The van der Waals surface area contributed by atoms with E-state index >= 15 is 0 Å². The molecule has 10 heteroatoms. The number of fused-ring (bicyclic) bond motifs is 2. The summed E-state index contributed by atoms with van der Waals surface area (Å²) in [6, 6.07) is 3.36. The molecule has 1 aliphatic heterocycles. The molecule has 2 aromatic heterocycles. The number of alkyl halides is 3. The third-order valence-corrected chi connectivity index (χ3v) is 7.36. The summed E-state index contributed by atoms with van der Waals surface area (Å²) in [6.07, 6.45) is -4.22. The van der Waals surface area contributed by atoms with Crippen LogP contribution in [-0.4, -0.2) is 28.1 Å². The minimum absolute atomic E-state index is 0.217. The van der Waals surface area contributed by atoms with Crippen molar-refractivity contribution in [3.8, 4) is 10.6 Å². The predicted molar refractivity (Wildman–Crippen MR) is 117 cm³/mol. The van der Waals surface area contributed by atoms with Crippen molar-refractivity contribution >= 4 is 44.0 Å². The number of nitrogens with zero attached hydrogens (tertiary/aromatic N) is 2. The van der Waals surface area contributed by atoms with Crippen LogP contribution in [0.3, 0.4) is 0 Å². The molecule has 3 heterocycles. The number of ether oxygens (including phenoxy) is 1. The Balaban J connectivity index is 1.70. The summed E-state index contributed by atoms with van der Waals surface area (Å²) >= 11 is 2.71. The number of aromatic nitrogens is 1. The Morgan fingerprint density at radius 3 is 2.61 bits per heavy atom. The standard InChI is InChI=1S/C21H22F3N3O2S2/c1-10-16-12(7-8-27(10)19(28)29-20(2,3)4)15(17(25)31-16)18-26-13-9-11(21(22,23)24)5-6-14(13)30-18/h5-6,9-10H,7-8,25H2,1-4H3. The van der Waals surface area contributed by atoms with Crippen molar-refractivity contribution in [2.24, 2.45) is 0 Å². The van der Waals surface area contributed by atoms with Gasteiger partial charge in [0.1, 0.15) is 10.6 Å². The van der Waals surface area contributed by atoms with Gasteiger partial charge in [0.05, 0.1) is 26.8 Å². The van der Waals surface area contributed by atoms with Crippen LogP contribution in [0.15, 0.2) is 18.2 Å².